The van der Waals surface area contributed by atoms with Gasteiger partial charge in [0.15, 0.2) is 0 Å². The van der Waals surface area contributed by atoms with Crippen molar-refractivity contribution in [3.8, 4) is 0 Å². The molecule has 1 amide bonds. The summed E-state index contributed by atoms with van der Waals surface area (Å²) in [5.41, 5.74) is 1.49. The molecule has 1 aromatic heterocycles. The highest BCUT2D eigenvalue weighted by molar-refractivity contribution is 5.96. The van der Waals surface area contributed by atoms with Gasteiger partial charge >= 0.3 is 5.97 Å². The number of hydrogen-bond donors (Lipinski definition) is 2. The lowest BCUT2D eigenvalue weighted by Gasteiger charge is -2.10. The summed E-state index contributed by atoms with van der Waals surface area (Å²) in [5, 5.41) is 11.5. The van der Waals surface area contributed by atoms with Crippen LogP contribution in [0.1, 0.15) is 53.6 Å². The molecule has 2 N–H and O–H groups in total. The molecular weight excluding hydrogens is 258 g/mol. The second-order valence-corrected chi connectivity index (χ2v) is 5.30. The third-order valence-electron chi connectivity index (χ3n) is 3.56. The molecule has 1 atom stereocenters. The zero-order valence-corrected chi connectivity index (χ0v) is 12.6. The minimum absolute atomic E-state index is 0.123. The molecule has 0 saturated heterocycles. The Hall–Kier alpha value is -1.78. The number of nitrogens with one attached hydrogen (secondary N) is 1. The minimum atomic E-state index is -0.777. The lowest BCUT2D eigenvalue weighted by atomic mass is 10.0. The molecule has 1 rings (SSSR count). The number of aliphatic carboxylic acids is 1. The van der Waals surface area contributed by atoms with Gasteiger partial charge in [0.2, 0.25) is 0 Å². The molecule has 0 fully saturated rings. The number of rotatable bonds is 7. The Morgan fingerprint density at radius 1 is 1.20 bits per heavy atom. The number of carboxylic acids is 1. The van der Waals surface area contributed by atoms with Crippen molar-refractivity contribution in [2.45, 2.75) is 47.0 Å². The largest absolute Gasteiger partial charge is 0.481 e. The van der Waals surface area contributed by atoms with E-state index in [0.717, 1.165) is 17.7 Å². The van der Waals surface area contributed by atoms with Gasteiger partial charge in [0.1, 0.15) is 11.5 Å². The van der Waals surface area contributed by atoms with Crippen LogP contribution in [0.25, 0.3) is 0 Å². The zero-order valence-electron chi connectivity index (χ0n) is 12.6. The van der Waals surface area contributed by atoms with Crippen molar-refractivity contribution in [3.05, 3.63) is 22.6 Å². The second kappa shape index (κ2) is 7.12. The van der Waals surface area contributed by atoms with E-state index in [1.165, 1.54) is 0 Å². The Kier molecular flexibility index (Phi) is 5.80. The molecule has 1 heterocycles. The molecule has 0 aliphatic carbocycles. The maximum Gasteiger partial charge on any atom is 0.303 e. The Morgan fingerprint density at radius 2 is 1.85 bits per heavy atom. The minimum Gasteiger partial charge on any atom is -0.481 e. The zero-order chi connectivity index (χ0) is 15.3. The summed E-state index contributed by atoms with van der Waals surface area (Å²) >= 11 is 0. The summed E-state index contributed by atoms with van der Waals surface area (Å²) in [4.78, 5) is 22.5. The van der Waals surface area contributed by atoms with Crippen LogP contribution < -0.4 is 5.32 Å². The maximum atomic E-state index is 12.1. The average Bonchev–Trinajstić information content (AvgIpc) is 2.60. The third kappa shape index (κ3) is 4.40. The fraction of sp³-hybridized carbons (Fsp3) is 0.600. The molecule has 5 heteroatoms. The molecule has 0 spiro atoms. The topological polar surface area (TPSA) is 79.5 Å². The molecule has 0 bridgehead atoms. The smallest absolute Gasteiger partial charge is 0.303 e. The molecule has 0 radical (unpaired) electrons. The Labute approximate surface area is 119 Å². The Balaban J connectivity index is 2.42. The van der Waals surface area contributed by atoms with Gasteiger partial charge in [0.05, 0.1) is 5.56 Å². The molecule has 0 aliphatic heterocycles. The molecule has 0 aromatic carbocycles. The van der Waals surface area contributed by atoms with E-state index in [1.54, 1.807) is 6.92 Å². The highest BCUT2D eigenvalue weighted by atomic mass is 16.4. The first kappa shape index (κ1) is 16.3. The first-order valence-electron chi connectivity index (χ1n) is 6.89. The van der Waals surface area contributed by atoms with Crippen molar-refractivity contribution >= 4 is 11.9 Å². The fourth-order valence-corrected chi connectivity index (χ4v) is 2.16. The third-order valence-corrected chi connectivity index (χ3v) is 3.56. The van der Waals surface area contributed by atoms with Gasteiger partial charge in [-0.05, 0) is 39.5 Å². The van der Waals surface area contributed by atoms with Gasteiger partial charge in [-0.15, -0.1) is 0 Å². The van der Waals surface area contributed by atoms with Crippen LogP contribution in [0.5, 0.6) is 0 Å². The first-order valence-corrected chi connectivity index (χ1v) is 6.89. The van der Waals surface area contributed by atoms with Crippen molar-refractivity contribution in [3.63, 3.8) is 0 Å². The van der Waals surface area contributed by atoms with E-state index in [1.807, 2.05) is 20.8 Å². The van der Waals surface area contributed by atoms with Crippen molar-refractivity contribution in [1.29, 1.82) is 0 Å². The summed E-state index contributed by atoms with van der Waals surface area (Å²) in [6.07, 6.45) is 1.58. The molecular formula is C15H23NO4. The number of hydrogen-bond acceptors (Lipinski definition) is 3. The van der Waals surface area contributed by atoms with Crippen molar-refractivity contribution in [2.75, 3.05) is 6.54 Å². The normalized spacial score (nSPS) is 12.2. The summed E-state index contributed by atoms with van der Waals surface area (Å²) < 4.78 is 5.43. The molecule has 1 unspecified atom stereocenters. The van der Waals surface area contributed by atoms with Gasteiger partial charge in [-0.1, -0.05) is 6.92 Å². The van der Waals surface area contributed by atoms with Gasteiger partial charge in [0.25, 0.3) is 5.91 Å². The first-order chi connectivity index (χ1) is 9.32. The van der Waals surface area contributed by atoms with E-state index in [4.69, 9.17) is 9.52 Å². The predicted molar refractivity (Wildman–Crippen MR) is 75.9 cm³/mol. The number of furan rings is 1. The van der Waals surface area contributed by atoms with Gasteiger partial charge in [-0.2, -0.15) is 0 Å². The number of carboxylic acid groups (broad SMARTS) is 1. The quantitative estimate of drug-likeness (QED) is 0.805. The summed E-state index contributed by atoms with van der Waals surface area (Å²) in [7, 11) is 0. The second-order valence-electron chi connectivity index (χ2n) is 5.30. The molecule has 20 heavy (non-hydrogen) atoms. The maximum absolute atomic E-state index is 12.1. The Bertz CT molecular complexity index is 490. The van der Waals surface area contributed by atoms with Crippen LogP contribution in [0.3, 0.4) is 0 Å². The van der Waals surface area contributed by atoms with Crippen molar-refractivity contribution < 1.29 is 19.1 Å². The van der Waals surface area contributed by atoms with Crippen LogP contribution in [-0.4, -0.2) is 23.5 Å². The number of amides is 1. The fourth-order valence-electron chi connectivity index (χ4n) is 2.16. The highest BCUT2D eigenvalue weighted by Gasteiger charge is 2.18. The number of carbonyl (C=O) groups is 2. The van der Waals surface area contributed by atoms with Gasteiger partial charge in [-0.25, -0.2) is 0 Å². The van der Waals surface area contributed by atoms with Crippen LogP contribution in [0.15, 0.2) is 4.42 Å². The lowest BCUT2D eigenvalue weighted by Crippen LogP contribution is -2.26. The Morgan fingerprint density at radius 3 is 2.35 bits per heavy atom. The number of aryl methyl sites for hydroxylation is 2. The highest BCUT2D eigenvalue weighted by Crippen LogP contribution is 2.20. The van der Waals surface area contributed by atoms with Crippen LogP contribution in [0.2, 0.25) is 0 Å². The van der Waals surface area contributed by atoms with E-state index in [-0.39, 0.29) is 18.2 Å². The molecule has 0 aliphatic rings. The molecule has 0 saturated carbocycles. The lowest BCUT2D eigenvalue weighted by molar-refractivity contribution is -0.137. The summed E-state index contributed by atoms with van der Waals surface area (Å²) in [6, 6.07) is 0. The van der Waals surface area contributed by atoms with E-state index in [9.17, 15) is 9.59 Å². The number of carbonyl (C=O) groups excluding carboxylic acids is 1. The van der Waals surface area contributed by atoms with Crippen molar-refractivity contribution in [1.82, 2.24) is 5.32 Å². The van der Waals surface area contributed by atoms with Crippen LogP contribution >= 0.6 is 0 Å². The van der Waals surface area contributed by atoms with E-state index in [0.29, 0.717) is 24.3 Å². The van der Waals surface area contributed by atoms with Crippen LogP contribution in [0, 0.1) is 26.7 Å². The molecule has 112 valence electrons. The van der Waals surface area contributed by atoms with Crippen LogP contribution in [-0.2, 0) is 4.79 Å². The van der Waals surface area contributed by atoms with Crippen molar-refractivity contribution in [2.24, 2.45) is 5.92 Å². The molecule has 1 aromatic rings. The van der Waals surface area contributed by atoms with Gasteiger partial charge in [0, 0.05) is 18.5 Å². The van der Waals surface area contributed by atoms with E-state index >= 15 is 0 Å². The standard InChI is InChI=1S/C15H23NO4/c1-9(5-6-13(17)18)7-8-16-15(19)14-10(2)11(3)20-12(14)4/h9H,5-8H2,1-4H3,(H,16,19)(H,17,18). The van der Waals surface area contributed by atoms with Crippen LogP contribution in [0.4, 0.5) is 0 Å². The SMILES string of the molecule is Cc1oc(C)c(C(=O)NCCC(C)CCC(=O)O)c1C. The van der Waals surface area contributed by atoms with Gasteiger partial charge < -0.3 is 14.8 Å². The summed E-state index contributed by atoms with van der Waals surface area (Å²) in [5.74, 6) is 0.780. The molecule has 5 nitrogen and oxygen atoms in total. The average molecular weight is 281 g/mol. The summed E-state index contributed by atoms with van der Waals surface area (Å²) in [6.45, 7) is 8.03. The van der Waals surface area contributed by atoms with Gasteiger partial charge in [-0.3, -0.25) is 9.59 Å². The van der Waals surface area contributed by atoms with E-state index < -0.39 is 5.97 Å². The predicted octanol–water partition coefficient (Wildman–Crippen LogP) is 2.83. The van der Waals surface area contributed by atoms with E-state index in [2.05, 4.69) is 5.32 Å². The monoisotopic (exact) mass is 281 g/mol.